The van der Waals surface area contributed by atoms with E-state index in [-0.39, 0.29) is 19.0 Å². The number of nitrogens with zero attached hydrogens (tertiary/aromatic N) is 2. The van der Waals surface area contributed by atoms with Crippen molar-refractivity contribution in [2.75, 3.05) is 36.0 Å². The predicted octanol–water partition coefficient (Wildman–Crippen LogP) is 1.52. The third kappa shape index (κ3) is 2.22. The van der Waals surface area contributed by atoms with Crippen LogP contribution in [-0.2, 0) is 4.74 Å². The molecule has 1 fully saturated rings. The number of aliphatic hydroxyl groups is 1. The maximum atomic E-state index is 14.2. The van der Waals surface area contributed by atoms with Crippen LogP contribution in [0.1, 0.15) is 0 Å². The summed E-state index contributed by atoms with van der Waals surface area (Å²) >= 11 is 0. The first-order valence-electron chi connectivity index (χ1n) is 6.47. The molecule has 1 aromatic rings. The number of hydrogen-bond donors (Lipinski definition) is 1. The van der Waals surface area contributed by atoms with Crippen LogP contribution in [0.2, 0.25) is 0 Å². The molecule has 1 unspecified atom stereocenters. The van der Waals surface area contributed by atoms with E-state index in [2.05, 4.69) is 0 Å². The molecule has 2 aliphatic heterocycles. The van der Waals surface area contributed by atoms with Gasteiger partial charge in [-0.25, -0.2) is 9.18 Å². The number of rotatable bonds is 3. The Bertz CT molecular complexity index is 553. The monoisotopic (exact) mass is 278 g/mol. The molecule has 0 saturated carbocycles. The molecular weight excluding hydrogens is 263 g/mol. The van der Waals surface area contributed by atoms with Crippen molar-refractivity contribution in [2.45, 2.75) is 6.10 Å². The summed E-state index contributed by atoms with van der Waals surface area (Å²) < 4.78 is 19.1. The van der Waals surface area contributed by atoms with Gasteiger partial charge in [0.25, 0.3) is 0 Å². The molecule has 6 heteroatoms. The minimum Gasteiger partial charge on any atom is -0.441 e. The van der Waals surface area contributed by atoms with Crippen LogP contribution in [0.15, 0.2) is 30.4 Å². The molecule has 2 heterocycles. The minimum atomic E-state index is -0.556. The number of carbonyl (C=O) groups excluding carboxylic acids is 1. The Hall–Kier alpha value is -2.08. The van der Waals surface area contributed by atoms with Gasteiger partial charge < -0.3 is 14.7 Å². The number of anilines is 2. The molecule has 1 saturated heterocycles. The SMILES string of the molecule is O=C1OC(CO)CN1c1ccc(N2CC=CC2)c(F)c1. The predicted molar refractivity (Wildman–Crippen MR) is 72.5 cm³/mol. The topological polar surface area (TPSA) is 53.0 Å². The highest BCUT2D eigenvalue weighted by atomic mass is 19.1. The lowest BCUT2D eigenvalue weighted by Gasteiger charge is -2.20. The maximum Gasteiger partial charge on any atom is 0.414 e. The lowest BCUT2D eigenvalue weighted by Crippen LogP contribution is -2.26. The third-order valence-corrected chi connectivity index (χ3v) is 3.48. The zero-order chi connectivity index (χ0) is 14.1. The molecule has 2 aliphatic rings. The molecule has 106 valence electrons. The van der Waals surface area contributed by atoms with Crippen molar-refractivity contribution < 1.29 is 19.0 Å². The first-order valence-corrected chi connectivity index (χ1v) is 6.47. The Morgan fingerprint density at radius 2 is 2.10 bits per heavy atom. The smallest absolute Gasteiger partial charge is 0.414 e. The largest absolute Gasteiger partial charge is 0.441 e. The molecule has 1 N–H and O–H groups in total. The van der Waals surface area contributed by atoms with Crippen LogP contribution in [-0.4, -0.2) is 43.5 Å². The van der Waals surface area contributed by atoms with Crippen molar-refractivity contribution in [2.24, 2.45) is 0 Å². The van der Waals surface area contributed by atoms with Gasteiger partial charge in [0.15, 0.2) is 0 Å². The molecule has 1 atom stereocenters. The van der Waals surface area contributed by atoms with Crippen molar-refractivity contribution >= 4 is 17.5 Å². The fourth-order valence-corrected chi connectivity index (χ4v) is 2.42. The number of cyclic esters (lactones) is 1. The van der Waals surface area contributed by atoms with Gasteiger partial charge in [0, 0.05) is 13.1 Å². The van der Waals surface area contributed by atoms with Gasteiger partial charge in [-0.2, -0.15) is 0 Å². The molecule has 3 rings (SSSR count). The Kier molecular flexibility index (Phi) is 3.31. The van der Waals surface area contributed by atoms with Crippen LogP contribution in [0, 0.1) is 5.82 Å². The summed E-state index contributed by atoms with van der Waals surface area (Å²) in [6.45, 7) is 1.38. The van der Waals surface area contributed by atoms with Gasteiger partial charge in [0.2, 0.25) is 0 Å². The summed E-state index contributed by atoms with van der Waals surface area (Å²) in [6, 6.07) is 4.68. The summed E-state index contributed by atoms with van der Waals surface area (Å²) in [5, 5.41) is 9.00. The van der Waals surface area contributed by atoms with Crippen LogP contribution in [0.25, 0.3) is 0 Å². The number of halogens is 1. The zero-order valence-corrected chi connectivity index (χ0v) is 10.8. The van der Waals surface area contributed by atoms with E-state index in [1.807, 2.05) is 17.1 Å². The highest BCUT2D eigenvalue weighted by molar-refractivity contribution is 5.90. The van der Waals surface area contributed by atoms with Crippen molar-refractivity contribution in [1.82, 2.24) is 0 Å². The van der Waals surface area contributed by atoms with E-state index >= 15 is 0 Å². The van der Waals surface area contributed by atoms with Crippen LogP contribution in [0.4, 0.5) is 20.6 Å². The molecule has 5 nitrogen and oxygen atoms in total. The quantitative estimate of drug-likeness (QED) is 0.852. The number of aliphatic hydroxyl groups excluding tert-OH is 1. The second kappa shape index (κ2) is 5.13. The van der Waals surface area contributed by atoms with Crippen molar-refractivity contribution in [3.8, 4) is 0 Å². The van der Waals surface area contributed by atoms with E-state index < -0.39 is 12.2 Å². The Balaban J connectivity index is 1.82. The van der Waals surface area contributed by atoms with Crippen LogP contribution in [0.3, 0.4) is 0 Å². The number of hydrogen-bond acceptors (Lipinski definition) is 4. The van der Waals surface area contributed by atoms with Crippen molar-refractivity contribution in [3.05, 3.63) is 36.2 Å². The van der Waals surface area contributed by atoms with E-state index in [9.17, 15) is 9.18 Å². The first-order chi connectivity index (χ1) is 9.69. The van der Waals surface area contributed by atoms with Gasteiger partial charge in [0.05, 0.1) is 24.5 Å². The molecule has 0 aliphatic carbocycles. The normalized spacial score (nSPS) is 21.7. The second-order valence-electron chi connectivity index (χ2n) is 4.81. The van der Waals surface area contributed by atoms with Crippen LogP contribution < -0.4 is 9.80 Å². The highest BCUT2D eigenvalue weighted by Crippen LogP contribution is 2.28. The molecule has 1 aromatic carbocycles. The van der Waals surface area contributed by atoms with Crippen molar-refractivity contribution in [1.29, 1.82) is 0 Å². The van der Waals surface area contributed by atoms with E-state index in [1.165, 1.54) is 11.0 Å². The number of ether oxygens (including phenoxy) is 1. The zero-order valence-electron chi connectivity index (χ0n) is 10.8. The Morgan fingerprint density at radius 3 is 2.70 bits per heavy atom. The van der Waals surface area contributed by atoms with Crippen LogP contribution >= 0.6 is 0 Å². The van der Waals surface area contributed by atoms with E-state index in [4.69, 9.17) is 9.84 Å². The summed E-state index contributed by atoms with van der Waals surface area (Å²) in [7, 11) is 0. The molecule has 0 radical (unpaired) electrons. The van der Waals surface area contributed by atoms with E-state index in [0.717, 1.165) is 0 Å². The maximum absolute atomic E-state index is 14.2. The second-order valence-corrected chi connectivity index (χ2v) is 4.81. The number of carbonyl (C=O) groups is 1. The van der Waals surface area contributed by atoms with E-state index in [1.54, 1.807) is 12.1 Å². The summed E-state index contributed by atoms with van der Waals surface area (Å²) in [5.74, 6) is -0.369. The first kappa shape index (κ1) is 12.9. The average molecular weight is 278 g/mol. The Labute approximate surface area is 115 Å². The summed E-state index contributed by atoms with van der Waals surface area (Å²) in [6.07, 6.45) is 2.86. The van der Waals surface area contributed by atoms with Crippen LogP contribution in [0.5, 0.6) is 0 Å². The van der Waals surface area contributed by atoms with Gasteiger partial charge in [-0.1, -0.05) is 12.2 Å². The third-order valence-electron chi connectivity index (χ3n) is 3.48. The molecule has 0 aromatic heterocycles. The van der Waals surface area contributed by atoms with Gasteiger partial charge in [0.1, 0.15) is 11.9 Å². The number of amides is 1. The highest BCUT2D eigenvalue weighted by Gasteiger charge is 2.32. The van der Waals surface area contributed by atoms with Gasteiger partial charge in [-0.15, -0.1) is 0 Å². The lowest BCUT2D eigenvalue weighted by molar-refractivity contribution is 0.0963. The molecule has 0 bridgehead atoms. The van der Waals surface area contributed by atoms with Gasteiger partial charge >= 0.3 is 6.09 Å². The van der Waals surface area contributed by atoms with Gasteiger partial charge in [-0.05, 0) is 18.2 Å². The molecule has 20 heavy (non-hydrogen) atoms. The minimum absolute atomic E-state index is 0.234. The standard InChI is InChI=1S/C14H15FN2O3/c15-12-7-10(17-8-11(9-18)20-14(17)19)3-4-13(12)16-5-1-2-6-16/h1-4,7,11,18H,5-6,8-9H2. The fourth-order valence-electron chi connectivity index (χ4n) is 2.42. The summed E-state index contributed by atoms with van der Waals surface area (Å²) in [5.41, 5.74) is 0.962. The summed E-state index contributed by atoms with van der Waals surface area (Å²) in [4.78, 5) is 14.9. The van der Waals surface area contributed by atoms with Crippen molar-refractivity contribution in [3.63, 3.8) is 0 Å². The fraction of sp³-hybridized carbons (Fsp3) is 0.357. The van der Waals surface area contributed by atoms with Gasteiger partial charge in [-0.3, -0.25) is 4.90 Å². The average Bonchev–Trinajstić information content (AvgIpc) is 3.07. The molecule has 1 amide bonds. The number of benzene rings is 1. The lowest BCUT2D eigenvalue weighted by atomic mass is 10.2. The Morgan fingerprint density at radius 1 is 1.35 bits per heavy atom. The van der Waals surface area contributed by atoms with E-state index in [0.29, 0.717) is 24.5 Å². The molecule has 0 spiro atoms. The molecular formula is C14H15FN2O3.